The second-order valence-electron chi connectivity index (χ2n) is 7.55. The van der Waals surface area contributed by atoms with Crippen LogP contribution in [0.3, 0.4) is 0 Å². The van der Waals surface area contributed by atoms with E-state index in [1.807, 2.05) is 0 Å². The van der Waals surface area contributed by atoms with Gasteiger partial charge in [0.2, 0.25) is 15.2 Å². The highest BCUT2D eigenvalue weighted by atomic mass is 79.9. The van der Waals surface area contributed by atoms with Crippen molar-refractivity contribution in [2.24, 2.45) is 5.92 Å². The summed E-state index contributed by atoms with van der Waals surface area (Å²) in [6.45, 7) is 9.41. The molecule has 0 bridgehead atoms. The fraction of sp³-hybridized carbons (Fsp3) is 0.471. The molecular weight excluding hydrogens is 452 g/mol. The molecule has 2 rings (SSSR count). The van der Waals surface area contributed by atoms with Crippen molar-refractivity contribution in [2.45, 2.75) is 51.5 Å². The van der Waals surface area contributed by atoms with Gasteiger partial charge in [-0.3, -0.25) is 10.1 Å². The molecule has 1 aromatic carbocycles. The van der Waals surface area contributed by atoms with E-state index in [-0.39, 0.29) is 10.5 Å². The molecule has 0 aliphatic carbocycles. The zero-order valence-electron chi connectivity index (χ0n) is 15.8. The average Bonchev–Trinajstić information content (AvgIpc) is 2.91. The summed E-state index contributed by atoms with van der Waals surface area (Å²) < 4.78 is 28.1. The monoisotopic (exact) mass is 474 g/mol. The first-order valence-corrected chi connectivity index (χ1v) is 11.4. The van der Waals surface area contributed by atoms with Gasteiger partial charge in [-0.15, -0.1) is 10.2 Å². The molecule has 7 nitrogen and oxygen atoms in total. The van der Waals surface area contributed by atoms with E-state index in [1.165, 1.54) is 29.5 Å². The van der Waals surface area contributed by atoms with Gasteiger partial charge in [0.15, 0.2) is 0 Å². The molecule has 0 radical (unpaired) electrons. The third-order valence-corrected chi connectivity index (χ3v) is 6.51. The molecule has 1 amide bonds. The summed E-state index contributed by atoms with van der Waals surface area (Å²) in [5.41, 5.74) is -0.430. The molecule has 10 heteroatoms. The van der Waals surface area contributed by atoms with Crippen LogP contribution in [0.5, 0.6) is 0 Å². The van der Waals surface area contributed by atoms with Gasteiger partial charge in [0.1, 0.15) is 5.01 Å². The number of nitrogens with one attached hydrogen (secondary N) is 2. The van der Waals surface area contributed by atoms with Crippen LogP contribution >= 0.6 is 27.3 Å². The van der Waals surface area contributed by atoms with E-state index in [2.05, 4.69) is 50.0 Å². The van der Waals surface area contributed by atoms with Crippen LogP contribution in [0, 0.1) is 5.92 Å². The van der Waals surface area contributed by atoms with Crippen LogP contribution < -0.4 is 10.0 Å². The van der Waals surface area contributed by atoms with E-state index in [0.717, 1.165) is 11.4 Å². The standard InChI is InChI=1S/C17H23BrN4O3S2/c1-10(2)8-14-20-21-16(26-14)19-15(23)12-9-11(6-7-13(12)18)27(24,25)22-17(3,4)5/h6-7,9-10,22H,8H2,1-5H3,(H,19,21,23). The second kappa shape index (κ2) is 8.34. The van der Waals surface area contributed by atoms with Crippen molar-refractivity contribution in [2.75, 3.05) is 5.32 Å². The summed E-state index contributed by atoms with van der Waals surface area (Å²) in [5, 5.41) is 11.9. The van der Waals surface area contributed by atoms with Crippen LogP contribution in [0.15, 0.2) is 27.6 Å². The lowest BCUT2D eigenvalue weighted by atomic mass is 10.1. The predicted octanol–water partition coefficient (Wildman–Crippen LogP) is 3.83. The first-order chi connectivity index (χ1) is 12.4. The molecule has 2 N–H and O–H groups in total. The van der Waals surface area contributed by atoms with E-state index in [9.17, 15) is 13.2 Å². The minimum Gasteiger partial charge on any atom is -0.296 e. The highest BCUT2D eigenvalue weighted by Crippen LogP contribution is 2.24. The fourth-order valence-corrected chi connectivity index (χ4v) is 5.03. The number of carbonyl (C=O) groups is 1. The maximum atomic E-state index is 12.6. The van der Waals surface area contributed by atoms with E-state index in [1.54, 1.807) is 20.8 Å². The Bertz CT molecular complexity index is 934. The third kappa shape index (κ3) is 6.34. The Morgan fingerprint density at radius 1 is 1.26 bits per heavy atom. The number of hydrogen-bond donors (Lipinski definition) is 2. The number of nitrogens with zero attached hydrogens (tertiary/aromatic N) is 2. The Balaban J connectivity index is 2.25. The summed E-state index contributed by atoms with van der Waals surface area (Å²) >= 11 is 4.61. The first-order valence-electron chi connectivity index (χ1n) is 8.34. The number of anilines is 1. The van der Waals surface area contributed by atoms with Crippen LogP contribution in [0.2, 0.25) is 0 Å². The van der Waals surface area contributed by atoms with Gasteiger partial charge in [0.25, 0.3) is 5.91 Å². The summed E-state index contributed by atoms with van der Waals surface area (Å²) in [6, 6.07) is 4.32. The minimum absolute atomic E-state index is 0.0172. The average molecular weight is 475 g/mol. The van der Waals surface area contributed by atoms with E-state index >= 15 is 0 Å². The molecule has 2 aromatic rings. The minimum atomic E-state index is -3.75. The highest BCUT2D eigenvalue weighted by Gasteiger charge is 2.24. The van der Waals surface area contributed by atoms with Gasteiger partial charge in [-0.2, -0.15) is 0 Å². The molecule has 0 saturated carbocycles. The quantitative estimate of drug-likeness (QED) is 0.662. The van der Waals surface area contributed by atoms with Gasteiger partial charge < -0.3 is 0 Å². The molecule has 1 aromatic heterocycles. The lowest BCUT2D eigenvalue weighted by Crippen LogP contribution is -2.40. The Hall–Kier alpha value is -1.36. The fourth-order valence-electron chi connectivity index (χ4n) is 2.21. The number of benzene rings is 1. The third-order valence-electron chi connectivity index (χ3n) is 3.20. The van der Waals surface area contributed by atoms with E-state index < -0.39 is 21.5 Å². The lowest BCUT2D eigenvalue weighted by Gasteiger charge is -2.20. The smallest absolute Gasteiger partial charge is 0.258 e. The van der Waals surface area contributed by atoms with Crippen molar-refractivity contribution in [3.63, 3.8) is 0 Å². The van der Waals surface area contributed by atoms with Crippen molar-refractivity contribution < 1.29 is 13.2 Å². The predicted molar refractivity (Wildman–Crippen MR) is 111 cm³/mol. The molecule has 148 valence electrons. The molecule has 0 aliphatic rings. The lowest BCUT2D eigenvalue weighted by molar-refractivity contribution is 0.102. The van der Waals surface area contributed by atoms with Crippen molar-refractivity contribution >= 4 is 48.3 Å². The number of rotatable bonds is 6. The molecule has 0 atom stereocenters. The van der Waals surface area contributed by atoms with Gasteiger partial charge in [-0.1, -0.05) is 25.2 Å². The van der Waals surface area contributed by atoms with Crippen LogP contribution in [-0.2, 0) is 16.4 Å². The first kappa shape index (κ1) is 21.9. The molecule has 0 aliphatic heterocycles. The molecular formula is C17H23BrN4O3S2. The molecule has 0 fully saturated rings. The Labute approximate surface area is 172 Å². The summed E-state index contributed by atoms with van der Waals surface area (Å²) in [7, 11) is -3.75. The van der Waals surface area contributed by atoms with Crippen molar-refractivity contribution in [1.29, 1.82) is 0 Å². The van der Waals surface area contributed by atoms with Crippen LogP contribution in [0.1, 0.15) is 50.0 Å². The number of amides is 1. The molecule has 0 saturated heterocycles. The van der Waals surface area contributed by atoms with E-state index in [0.29, 0.717) is 15.5 Å². The topological polar surface area (TPSA) is 101 Å². The Morgan fingerprint density at radius 3 is 2.52 bits per heavy atom. The highest BCUT2D eigenvalue weighted by molar-refractivity contribution is 9.10. The van der Waals surface area contributed by atoms with Gasteiger partial charge in [0.05, 0.1) is 10.5 Å². The zero-order valence-corrected chi connectivity index (χ0v) is 19.0. The maximum absolute atomic E-state index is 12.6. The number of halogens is 1. The SMILES string of the molecule is CC(C)Cc1nnc(NC(=O)c2cc(S(=O)(=O)NC(C)(C)C)ccc2Br)s1. The van der Waals surface area contributed by atoms with E-state index in [4.69, 9.17) is 0 Å². The van der Waals surface area contributed by atoms with Crippen molar-refractivity contribution in [3.05, 3.63) is 33.2 Å². The Kier molecular flexibility index (Phi) is 6.77. The molecule has 27 heavy (non-hydrogen) atoms. The van der Waals surface area contributed by atoms with Crippen molar-refractivity contribution in [1.82, 2.24) is 14.9 Å². The number of carbonyl (C=O) groups excluding carboxylic acids is 1. The summed E-state index contributed by atoms with van der Waals surface area (Å²) in [4.78, 5) is 12.6. The number of sulfonamides is 1. The molecule has 0 unspecified atom stereocenters. The largest absolute Gasteiger partial charge is 0.296 e. The maximum Gasteiger partial charge on any atom is 0.258 e. The summed E-state index contributed by atoms with van der Waals surface area (Å²) in [6.07, 6.45) is 0.781. The molecule has 1 heterocycles. The normalized spacial score (nSPS) is 12.4. The number of aromatic nitrogens is 2. The zero-order chi connectivity index (χ0) is 20.4. The molecule has 0 spiro atoms. The summed E-state index contributed by atoms with van der Waals surface area (Å²) in [5.74, 6) is -0.0187. The van der Waals surface area contributed by atoms with Gasteiger partial charge >= 0.3 is 0 Å². The van der Waals surface area contributed by atoms with Gasteiger partial charge in [0, 0.05) is 16.4 Å². The van der Waals surface area contributed by atoms with Crippen LogP contribution in [0.25, 0.3) is 0 Å². The van der Waals surface area contributed by atoms with Crippen LogP contribution in [0.4, 0.5) is 5.13 Å². The number of hydrogen-bond acceptors (Lipinski definition) is 6. The van der Waals surface area contributed by atoms with Gasteiger partial charge in [-0.05, 0) is 60.8 Å². The van der Waals surface area contributed by atoms with Crippen molar-refractivity contribution in [3.8, 4) is 0 Å². The van der Waals surface area contributed by atoms with Crippen LogP contribution in [-0.4, -0.2) is 30.1 Å². The second-order valence-corrected chi connectivity index (χ2v) is 11.1. The van der Waals surface area contributed by atoms with Gasteiger partial charge in [-0.25, -0.2) is 13.1 Å². The Morgan fingerprint density at radius 2 is 1.93 bits per heavy atom.